The molecule has 1 N–H and O–H groups in total. The first-order valence-corrected chi connectivity index (χ1v) is 12.2. The van der Waals surface area contributed by atoms with E-state index in [9.17, 15) is 0 Å². The van der Waals surface area contributed by atoms with Gasteiger partial charge in [-0.3, -0.25) is 0 Å². The molecule has 0 amide bonds. The van der Waals surface area contributed by atoms with E-state index >= 15 is 0 Å². The molecular formula is C27H42ClN. The predicted octanol–water partition coefficient (Wildman–Crippen LogP) is 8.27. The lowest BCUT2D eigenvalue weighted by atomic mass is 9.60. The molecule has 2 heteroatoms. The van der Waals surface area contributed by atoms with Crippen LogP contribution in [0.2, 0.25) is 5.02 Å². The summed E-state index contributed by atoms with van der Waals surface area (Å²) in [6.45, 7) is 16.3. The van der Waals surface area contributed by atoms with Crippen LogP contribution in [0.1, 0.15) is 103 Å². The second-order valence-electron chi connectivity index (χ2n) is 11.6. The molecule has 0 aromatic heterocycles. The molecule has 3 rings (SSSR count). The smallest absolute Gasteiger partial charge is 0.0443 e. The Labute approximate surface area is 184 Å². The van der Waals surface area contributed by atoms with E-state index in [2.05, 4.69) is 64.7 Å². The number of halogens is 1. The summed E-state index contributed by atoms with van der Waals surface area (Å²) >= 11 is 6.81. The fourth-order valence-corrected chi connectivity index (χ4v) is 6.81. The van der Waals surface area contributed by atoms with Crippen molar-refractivity contribution >= 4 is 11.6 Å². The van der Waals surface area contributed by atoms with Crippen molar-refractivity contribution in [1.82, 2.24) is 5.32 Å². The van der Waals surface area contributed by atoms with Crippen LogP contribution >= 0.6 is 11.6 Å². The zero-order chi connectivity index (χ0) is 21.2. The molecule has 2 aliphatic rings. The van der Waals surface area contributed by atoms with Gasteiger partial charge in [-0.1, -0.05) is 77.3 Å². The molecule has 1 nitrogen and oxygen atoms in total. The lowest BCUT2D eigenvalue weighted by Crippen LogP contribution is -2.34. The molecule has 0 bridgehead atoms. The molecule has 1 aromatic rings. The third-order valence-corrected chi connectivity index (χ3v) is 7.59. The van der Waals surface area contributed by atoms with E-state index in [0.29, 0.717) is 22.8 Å². The maximum atomic E-state index is 6.81. The number of rotatable bonds is 6. The lowest BCUT2D eigenvalue weighted by molar-refractivity contribution is 0.0969. The summed E-state index contributed by atoms with van der Waals surface area (Å²) in [7, 11) is 0. The van der Waals surface area contributed by atoms with Gasteiger partial charge >= 0.3 is 0 Å². The number of allylic oxidation sites excluding steroid dienone is 1. The summed E-state index contributed by atoms with van der Waals surface area (Å²) in [5.74, 6) is 1.35. The van der Waals surface area contributed by atoms with E-state index in [-0.39, 0.29) is 0 Å². The zero-order valence-corrected chi connectivity index (χ0v) is 20.2. The Kier molecular flexibility index (Phi) is 7.09. The zero-order valence-electron chi connectivity index (χ0n) is 19.4. The summed E-state index contributed by atoms with van der Waals surface area (Å²) in [5.41, 5.74) is 4.47. The number of hydrogen-bond donors (Lipinski definition) is 1. The van der Waals surface area contributed by atoms with Gasteiger partial charge < -0.3 is 5.32 Å². The van der Waals surface area contributed by atoms with Crippen LogP contribution in [0.15, 0.2) is 30.5 Å². The Balaban J connectivity index is 1.62. The number of benzene rings is 1. The monoisotopic (exact) mass is 415 g/mol. The van der Waals surface area contributed by atoms with E-state index in [4.69, 9.17) is 11.6 Å². The van der Waals surface area contributed by atoms with Gasteiger partial charge in [-0.25, -0.2) is 0 Å². The molecule has 2 aliphatic carbocycles. The summed E-state index contributed by atoms with van der Waals surface area (Å²) in [6.07, 6.45) is 11.5. The minimum atomic E-state index is 0.377. The molecule has 0 heterocycles. The van der Waals surface area contributed by atoms with Crippen molar-refractivity contribution in [2.45, 2.75) is 104 Å². The van der Waals surface area contributed by atoms with Gasteiger partial charge in [0.25, 0.3) is 0 Å². The molecule has 0 saturated heterocycles. The van der Waals surface area contributed by atoms with Crippen LogP contribution in [0.5, 0.6) is 0 Å². The van der Waals surface area contributed by atoms with Crippen molar-refractivity contribution in [1.29, 1.82) is 0 Å². The largest absolute Gasteiger partial charge is 0.386 e. The average Bonchev–Trinajstić information content (AvgIpc) is 2.59. The molecule has 162 valence electrons. The Morgan fingerprint density at radius 2 is 1.72 bits per heavy atom. The van der Waals surface area contributed by atoms with Gasteiger partial charge in [0.2, 0.25) is 0 Å². The Morgan fingerprint density at radius 3 is 2.31 bits per heavy atom. The highest BCUT2D eigenvalue weighted by Crippen LogP contribution is 2.52. The highest BCUT2D eigenvalue weighted by molar-refractivity contribution is 6.31. The van der Waals surface area contributed by atoms with Crippen LogP contribution in [-0.2, 0) is 6.42 Å². The first-order valence-electron chi connectivity index (χ1n) is 11.8. The maximum absolute atomic E-state index is 6.81. The summed E-state index contributed by atoms with van der Waals surface area (Å²) < 4.78 is 0. The van der Waals surface area contributed by atoms with Crippen molar-refractivity contribution in [2.75, 3.05) is 0 Å². The van der Waals surface area contributed by atoms with Gasteiger partial charge in [0.05, 0.1) is 0 Å². The predicted molar refractivity (Wildman–Crippen MR) is 128 cm³/mol. The quantitative estimate of drug-likeness (QED) is 0.492. The van der Waals surface area contributed by atoms with E-state index in [1.54, 1.807) is 0 Å². The summed E-state index contributed by atoms with van der Waals surface area (Å²) in [6, 6.07) is 7.26. The van der Waals surface area contributed by atoms with E-state index in [1.165, 1.54) is 62.5 Å². The van der Waals surface area contributed by atoms with Crippen LogP contribution in [-0.4, -0.2) is 6.04 Å². The SMILES string of the molecule is C=C(Cc1ccc(C2CC(C)(C)CC(C)(C)C2)c(Cl)c1)NC(C)C1CCCCC1. The van der Waals surface area contributed by atoms with Gasteiger partial charge in [-0.15, -0.1) is 0 Å². The highest BCUT2D eigenvalue weighted by atomic mass is 35.5. The van der Waals surface area contributed by atoms with Crippen LogP contribution in [0.3, 0.4) is 0 Å². The van der Waals surface area contributed by atoms with E-state index in [0.717, 1.165) is 23.1 Å². The molecule has 1 atom stereocenters. The highest BCUT2D eigenvalue weighted by Gasteiger charge is 2.39. The molecule has 29 heavy (non-hydrogen) atoms. The van der Waals surface area contributed by atoms with E-state index < -0.39 is 0 Å². The molecular weight excluding hydrogens is 374 g/mol. The summed E-state index contributed by atoms with van der Waals surface area (Å²) in [5, 5.41) is 4.62. The molecule has 0 radical (unpaired) electrons. The van der Waals surface area contributed by atoms with Crippen LogP contribution < -0.4 is 5.32 Å². The average molecular weight is 416 g/mol. The van der Waals surface area contributed by atoms with Crippen LogP contribution in [0.25, 0.3) is 0 Å². The molecule has 1 unspecified atom stereocenters. The van der Waals surface area contributed by atoms with Gasteiger partial charge in [0.15, 0.2) is 0 Å². The van der Waals surface area contributed by atoms with Gasteiger partial charge in [0.1, 0.15) is 0 Å². The number of hydrogen-bond acceptors (Lipinski definition) is 1. The molecule has 1 aromatic carbocycles. The number of nitrogens with one attached hydrogen (secondary N) is 1. The second-order valence-corrected chi connectivity index (χ2v) is 12.0. The third kappa shape index (κ3) is 6.27. The Morgan fingerprint density at radius 1 is 1.10 bits per heavy atom. The molecule has 2 saturated carbocycles. The van der Waals surface area contributed by atoms with Crippen molar-refractivity contribution in [3.05, 3.63) is 46.6 Å². The van der Waals surface area contributed by atoms with Gasteiger partial charge in [-0.2, -0.15) is 0 Å². The van der Waals surface area contributed by atoms with Gasteiger partial charge in [-0.05, 0) is 78.9 Å². The minimum Gasteiger partial charge on any atom is -0.386 e. The van der Waals surface area contributed by atoms with Crippen molar-refractivity contribution in [2.24, 2.45) is 16.7 Å². The standard InChI is InChI=1S/C27H42ClN/c1-19(29-20(2)22-10-8-7-9-11-22)14-21-12-13-24(25(28)15-21)23-16-26(3,4)18-27(5,6)17-23/h12-13,15,20,22-23,29H,1,7-11,14,16-18H2,2-6H3. The third-order valence-electron chi connectivity index (χ3n) is 7.27. The van der Waals surface area contributed by atoms with Gasteiger partial charge in [0, 0.05) is 23.2 Å². The van der Waals surface area contributed by atoms with Crippen LogP contribution in [0, 0.1) is 16.7 Å². The van der Waals surface area contributed by atoms with Crippen molar-refractivity contribution in [3.63, 3.8) is 0 Å². The Bertz CT molecular complexity index is 695. The van der Waals surface area contributed by atoms with Crippen LogP contribution in [0.4, 0.5) is 0 Å². The fourth-order valence-electron chi connectivity index (χ4n) is 6.45. The summed E-state index contributed by atoms with van der Waals surface area (Å²) in [4.78, 5) is 0. The Hall–Kier alpha value is -0.950. The second kappa shape index (κ2) is 9.04. The first kappa shape index (κ1) is 22.7. The molecule has 2 fully saturated rings. The molecule has 0 spiro atoms. The van der Waals surface area contributed by atoms with E-state index in [1.807, 2.05) is 0 Å². The normalized spacial score (nSPS) is 23.5. The topological polar surface area (TPSA) is 12.0 Å². The first-order chi connectivity index (χ1) is 13.5. The lowest BCUT2D eigenvalue weighted by Gasteiger charge is -2.45. The van der Waals surface area contributed by atoms with Crippen molar-refractivity contribution in [3.8, 4) is 0 Å². The fraction of sp³-hybridized carbons (Fsp3) is 0.704. The van der Waals surface area contributed by atoms with Crippen molar-refractivity contribution < 1.29 is 0 Å². The maximum Gasteiger partial charge on any atom is 0.0443 e. The minimum absolute atomic E-state index is 0.377. The molecule has 0 aliphatic heterocycles.